The number of rotatable bonds is 8. The molecule has 1 aromatic rings. The number of alkyl halides is 1. The van der Waals surface area contributed by atoms with Crippen molar-refractivity contribution in [1.29, 1.82) is 0 Å². The van der Waals surface area contributed by atoms with E-state index < -0.39 is 17.3 Å². The third-order valence-electron chi connectivity index (χ3n) is 2.88. The summed E-state index contributed by atoms with van der Waals surface area (Å²) in [5.41, 5.74) is -0.157. The molecule has 0 saturated carbocycles. The van der Waals surface area contributed by atoms with Crippen molar-refractivity contribution in [3.05, 3.63) is 29.8 Å². The second kappa shape index (κ2) is 11.1. The Balaban J connectivity index is 0.00000400. The average Bonchev–Trinajstić information content (AvgIpc) is 2.43. The summed E-state index contributed by atoms with van der Waals surface area (Å²) in [5.74, 6) is -2.05. The molecule has 4 nitrogen and oxygen atoms in total. The summed E-state index contributed by atoms with van der Waals surface area (Å²) in [6, 6.07) is 5.84. The molecule has 0 aliphatic heterocycles. The van der Waals surface area contributed by atoms with E-state index in [4.69, 9.17) is 16.3 Å². The van der Waals surface area contributed by atoms with Gasteiger partial charge in [-0.3, -0.25) is 4.79 Å². The van der Waals surface area contributed by atoms with Crippen molar-refractivity contribution in [1.82, 2.24) is 0 Å². The summed E-state index contributed by atoms with van der Waals surface area (Å²) in [4.78, 5) is 22.7. The van der Waals surface area contributed by atoms with E-state index in [0.717, 1.165) is 25.7 Å². The zero-order valence-electron chi connectivity index (χ0n) is 12.4. The van der Waals surface area contributed by atoms with Crippen LogP contribution in [0.2, 0.25) is 0 Å². The molecule has 0 spiro atoms. The zero-order valence-corrected chi connectivity index (χ0v) is 15.2. The molecule has 21 heavy (non-hydrogen) atoms. The molecule has 0 N–H and O–H groups in total. The van der Waals surface area contributed by atoms with Gasteiger partial charge in [0.2, 0.25) is 0 Å². The number of ether oxygens (including phenoxy) is 1. The normalized spacial score (nSPS) is 11.3. The maximum Gasteiger partial charge on any atom is 1.00 e. The molecule has 1 aromatic carbocycles. The number of esters is 1. The number of carbonyl (C=O) groups is 2. The summed E-state index contributed by atoms with van der Waals surface area (Å²) < 4.78 is 5.03. The van der Waals surface area contributed by atoms with Crippen LogP contribution in [-0.2, 0) is 4.79 Å². The third kappa shape index (κ3) is 7.32. The van der Waals surface area contributed by atoms with E-state index >= 15 is 0 Å². The number of hydrogen-bond acceptors (Lipinski definition) is 4. The van der Waals surface area contributed by atoms with Crippen LogP contribution in [0.1, 0.15) is 49.4 Å². The SMILES string of the molecule is CCCCCCC(Cl)C(=O)Oc1ccccc1C(=O)[O-].[Na+]. The molecule has 110 valence electrons. The van der Waals surface area contributed by atoms with Crippen molar-refractivity contribution >= 4 is 23.5 Å². The van der Waals surface area contributed by atoms with Crippen molar-refractivity contribution in [3.8, 4) is 5.75 Å². The third-order valence-corrected chi connectivity index (χ3v) is 3.28. The van der Waals surface area contributed by atoms with E-state index in [-0.39, 0.29) is 40.9 Å². The van der Waals surface area contributed by atoms with E-state index in [9.17, 15) is 14.7 Å². The maximum absolute atomic E-state index is 11.8. The number of aromatic carboxylic acids is 1. The van der Waals surface area contributed by atoms with E-state index in [0.29, 0.717) is 6.42 Å². The van der Waals surface area contributed by atoms with Crippen LogP contribution in [0.4, 0.5) is 0 Å². The summed E-state index contributed by atoms with van der Waals surface area (Å²) in [6.07, 6.45) is 4.60. The van der Waals surface area contributed by atoms with Gasteiger partial charge in [0.05, 0.1) is 5.97 Å². The summed E-state index contributed by atoms with van der Waals surface area (Å²) in [6.45, 7) is 2.10. The Hall–Kier alpha value is -0.550. The molecular weight excluding hydrogens is 303 g/mol. The van der Waals surface area contributed by atoms with Crippen LogP contribution in [0.15, 0.2) is 24.3 Å². The van der Waals surface area contributed by atoms with Crippen LogP contribution < -0.4 is 39.4 Å². The molecule has 0 aliphatic rings. The fourth-order valence-electron chi connectivity index (χ4n) is 1.76. The van der Waals surface area contributed by atoms with Gasteiger partial charge in [-0.15, -0.1) is 11.6 Å². The number of halogens is 1. The minimum Gasteiger partial charge on any atom is -0.545 e. The molecule has 0 radical (unpaired) electrons. The smallest absolute Gasteiger partial charge is 0.545 e. The zero-order chi connectivity index (χ0) is 15.0. The van der Waals surface area contributed by atoms with Crippen LogP contribution in [-0.4, -0.2) is 17.3 Å². The van der Waals surface area contributed by atoms with Crippen molar-refractivity contribution in [2.45, 2.75) is 44.4 Å². The van der Waals surface area contributed by atoms with Crippen LogP contribution in [0.3, 0.4) is 0 Å². The molecule has 0 aliphatic carbocycles. The van der Waals surface area contributed by atoms with E-state index in [1.165, 1.54) is 18.2 Å². The van der Waals surface area contributed by atoms with Gasteiger partial charge in [0.15, 0.2) is 0 Å². The fraction of sp³-hybridized carbons (Fsp3) is 0.467. The standard InChI is InChI=1S/C15H19ClO4.Na/c1-2-3-4-5-9-12(16)15(19)20-13-10-7-6-8-11(13)14(17)18;/h6-8,10,12H,2-5,9H2,1H3,(H,17,18);/q;+1/p-1. The Labute approximate surface area is 152 Å². The number of para-hydroxylation sites is 1. The molecule has 0 amide bonds. The van der Waals surface area contributed by atoms with Gasteiger partial charge in [-0.25, -0.2) is 0 Å². The van der Waals surface area contributed by atoms with Gasteiger partial charge in [-0.2, -0.15) is 0 Å². The maximum atomic E-state index is 11.8. The summed E-state index contributed by atoms with van der Waals surface area (Å²) in [5, 5.41) is 10.1. The predicted octanol–water partition coefficient (Wildman–Crippen LogP) is -0.463. The molecule has 0 aromatic heterocycles. The minimum atomic E-state index is -1.39. The van der Waals surface area contributed by atoms with Crippen LogP contribution >= 0.6 is 11.6 Å². The van der Waals surface area contributed by atoms with Crippen LogP contribution in [0, 0.1) is 0 Å². The first-order valence-electron chi connectivity index (χ1n) is 6.72. The topological polar surface area (TPSA) is 66.4 Å². The molecule has 1 rings (SSSR count). The van der Waals surface area contributed by atoms with Crippen molar-refractivity contribution in [3.63, 3.8) is 0 Å². The number of carboxylic acids is 1. The first-order chi connectivity index (χ1) is 9.56. The Morgan fingerprint density at radius 1 is 1.24 bits per heavy atom. The number of unbranched alkanes of at least 4 members (excludes halogenated alkanes) is 3. The number of hydrogen-bond donors (Lipinski definition) is 0. The Bertz CT molecular complexity index is 465. The van der Waals surface area contributed by atoms with Gasteiger partial charge >= 0.3 is 35.5 Å². The second-order valence-electron chi connectivity index (χ2n) is 4.52. The predicted molar refractivity (Wildman–Crippen MR) is 74.8 cm³/mol. The molecule has 0 bridgehead atoms. The number of carboxylic acid groups (broad SMARTS) is 1. The van der Waals surface area contributed by atoms with Gasteiger partial charge < -0.3 is 14.6 Å². The second-order valence-corrected chi connectivity index (χ2v) is 5.05. The largest absolute Gasteiger partial charge is 1.00 e. The molecule has 0 saturated heterocycles. The summed E-state index contributed by atoms with van der Waals surface area (Å²) >= 11 is 5.95. The molecular formula is C15H18ClNaO4. The number of benzene rings is 1. The van der Waals surface area contributed by atoms with Crippen molar-refractivity contribution in [2.24, 2.45) is 0 Å². The molecule has 1 unspecified atom stereocenters. The molecule has 0 heterocycles. The van der Waals surface area contributed by atoms with Crippen molar-refractivity contribution in [2.75, 3.05) is 0 Å². The van der Waals surface area contributed by atoms with E-state index in [1.807, 2.05) is 0 Å². The van der Waals surface area contributed by atoms with Gasteiger partial charge in [0.1, 0.15) is 11.1 Å². The molecule has 0 fully saturated rings. The van der Waals surface area contributed by atoms with E-state index in [1.54, 1.807) is 6.07 Å². The quantitative estimate of drug-likeness (QED) is 0.214. The van der Waals surface area contributed by atoms with Gasteiger partial charge in [0.25, 0.3) is 0 Å². The Morgan fingerprint density at radius 3 is 2.52 bits per heavy atom. The molecule has 1 atom stereocenters. The first-order valence-corrected chi connectivity index (χ1v) is 7.16. The van der Waals surface area contributed by atoms with Crippen LogP contribution in [0.25, 0.3) is 0 Å². The van der Waals surface area contributed by atoms with Gasteiger partial charge in [-0.1, -0.05) is 44.7 Å². The number of carbonyl (C=O) groups excluding carboxylic acids is 2. The van der Waals surface area contributed by atoms with Crippen molar-refractivity contribution < 1.29 is 49.0 Å². The molecule has 6 heteroatoms. The summed E-state index contributed by atoms with van der Waals surface area (Å²) in [7, 11) is 0. The van der Waals surface area contributed by atoms with Gasteiger partial charge in [0, 0.05) is 5.56 Å². The minimum absolute atomic E-state index is 0. The van der Waals surface area contributed by atoms with Gasteiger partial charge in [-0.05, 0) is 18.6 Å². The average molecular weight is 321 g/mol. The van der Waals surface area contributed by atoms with Crippen LogP contribution in [0.5, 0.6) is 5.75 Å². The Kier molecular flexibility index (Phi) is 10.8. The fourth-order valence-corrected chi connectivity index (χ4v) is 1.96. The Morgan fingerprint density at radius 2 is 1.90 bits per heavy atom. The first kappa shape index (κ1) is 20.5. The van der Waals surface area contributed by atoms with E-state index in [2.05, 4.69) is 6.92 Å². The monoisotopic (exact) mass is 320 g/mol.